The largest absolute Gasteiger partial charge is 0.334 e. The van der Waals surface area contributed by atoms with E-state index in [0.717, 1.165) is 11.9 Å². The van der Waals surface area contributed by atoms with Crippen molar-refractivity contribution < 1.29 is 0 Å². The Morgan fingerprint density at radius 1 is 1.40 bits per heavy atom. The van der Waals surface area contributed by atoms with Crippen LogP contribution >= 0.6 is 15.9 Å². The van der Waals surface area contributed by atoms with Crippen LogP contribution in [0, 0.1) is 5.41 Å². The second-order valence-corrected chi connectivity index (χ2v) is 5.83. The first-order valence-corrected chi connectivity index (χ1v) is 6.83. The van der Waals surface area contributed by atoms with Crippen molar-refractivity contribution in [3.05, 3.63) is 17.7 Å². The molecule has 0 spiro atoms. The maximum absolute atomic E-state index is 4.52. The fourth-order valence-corrected chi connectivity index (χ4v) is 2.35. The van der Waals surface area contributed by atoms with E-state index in [9.17, 15) is 0 Å². The maximum atomic E-state index is 4.52. The van der Waals surface area contributed by atoms with Crippen LogP contribution in [0.25, 0.3) is 0 Å². The number of nitrogens with zero attached hydrogens (tertiary/aromatic N) is 2. The quantitative estimate of drug-likeness (QED) is 0.772. The maximum Gasteiger partial charge on any atom is 0.0951 e. The van der Waals surface area contributed by atoms with E-state index in [-0.39, 0.29) is 0 Å². The van der Waals surface area contributed by atoms with Gasteiger partial charge in [0.25, 0.3) is 0 Å². The van der Waals surface area contributed by atoms with Gasteiger partial charge < -0.3 is 4.57 Å². The van der Waals surface area contributed by atoms with Crippen LogP contribution in [0.15, 0.2) is 6.33 Å². The van der Waals surface area contributed by atoms with Crippen molar-refractivity contribution in [3.63, 3.8) is 0 Å². The van der Waals surface area contributed by atoms with Gasteiger partial charge in [0.05, 0.1) is 12.0 Å². The summed E-state index contributed by atoms with van der Waals surface area (Å²) in [6.07, 6.45) is 7.06. The highest BCUT2D eigenvalue weighted by Crippen LogP contribution is 2.25. The first-order valence-electron chi connectivity index (χ1n) is 5.71. The molecule has 3 heteroatoms. The third-order valence-electron chi connectivity index (χ3n) is 3.07. The molecule has 0 unspecified atom stereocenters. The van der Waals surface area contributed by atoms with E-state index in [1.54, 1.807) is 0 Å². The van der Waals surface area contributed by atoms with Gasteiger partial charge in [-0.05, 0) is 31.1 Å². The third kappa shape index (κ3) is 2.44. The number of aryl methyl sites for hydroxylation is 1. The highest BCUT2D eigenvalue weighted by molar-refractivity contribution is 9.09. The molecule has 0 atom stereocenters. The molecular weight excluding hydrogens is 252 g/mol. The van der Waals surface area contributed by atoms with Crippen molar-refractivity contribution in [3.8, 4) is 0 Å². The number of halogens is 1. The Morgan fingerprint density at radius 2 is 2.13 bits per heavy atom. The van der Waals surface area contributed by atoms with Crippen LogP contribution in [-0.2, 0) is 19.4 Å². The van der Waals surface area contributed by atoms with Crippen LogP contribution in [-0.4, -0.2) is 14.9 Å². The molecule has 1 heterocycles. The number of rotatable bonds is 3. The molecule has 0 amide bonds. The lowest BCUT2D eigenvalue weighted by molar-refractivity contribution is 0.347. The van der Waals surface area contributed by atoms with Crippen molar-refractivity contribution in [1.29, 1.82) is 0 Å². The van der Waals surface area contributed by atoms with E-state index < -0.39 is 0 Å². The molecule has 0 saturated heterocycles. The number of hydrogen-bond donors (Lipinski definition) is 0. The van der Waals surface area contributed by atoms with Crippen molar-refractivity contribution in [2.75, 3.05) is 5.33 Å². The molecule has 1 aromatic rings. The minimum absolute atomic E-state index is 0.311. The van der Waals surface area contributed by atoms with Gasteiger partial charge in [-0.1, -0.05) is 29.8 Å². The van der Waals surface area contributed by atoms with Crippen molar-refractivity contribution in [2.24, 2.45) is 5.41 Å². The van der Waals surface area contributed by atoms with Crippen molar-refractivity contribution in [1.82, 2.24) is 9.55 Å². The Morgan fingerprint density at radius 3 is 2.87 bits per heavy atom. The van der Waals surface area contributed by atoms with Crippen molar-refractivity contribution in [2.45, 2.75) is 46.1 Å². The van der Waals surface area contributed by atoms with Crippen LogP contribution in [0.4, 0.5) is 0 Å². The van der Waals surface area contributed by atoms with Gasteiger partial charge in [0.15, 0.2) is 0 Å². The third-order valence-corrected chi connectivity index (χ3v) is 4.59. The summed E-state index contributed by atoms with van der Waals surface area (Å²) in [5, 5.41) is 1.03. The number of aromatic nitrogens is 2. The lowest BCUT2D eigenvalue weighted by Gasteiger charge is -2.24. The number of imidazole rings is 1. The molecule has 15 heavy (non-hydrogen) atoms. The monoisotopic (exact) mass is 270 g/mol. The Labute approximate surface area is 100 Å². The predicted octanol–water partition coefficient (Wildman–Crippen LogP) is 3.18. The molecule has 2 nitrogen and oxygen atoms in total. The fourth-order valence-electron chi connectivity index (χ4n) is 2.17. The van der Waals surface area contributed by atoms with E-state index in [2.05, 4.69) is 39.3 Å². The molecule has 0 N–H and O–H groups in total. The van der Waals surface area contributed by atoms with Gasteiger partial charge >= 0.3 is 0 Å². The molecule has 0 fully saturated rings. The van der Waals surface area contributed by atoms with Crippen LogP contribution in [0.2, 0.25) is 0 Å². The molecule has 2 rings (SSSR count). The average Bonchev–Trinajstić information content (AvgIpc) is 2.62. The van der Waals surface area contributed by atoms with Crippen molar-refractivity contribution >= 4 is 15.9 Å². The molecule has 84 valence electrons. The van der Waals surface area contributed by atoms with Gasteiger partial charge in [0.1, 0.15) is 0 Å². The Bertz CT molecular complexity index is 341. The molecule has 1 aliphatic carbocycles. The highest BCUT2D eigenvalue weighted by atomic mass is 79.9. The zero-order valence-corrected chi connectivity index (χ0v) is 11.2. The van der Waals surface area contributed by atoms with E-state index in [0.29, 0.717) is 5.41 Å². The van der Waals surface area contributed by atoms with E-state index in [1.807, 2.05) is 6.33 Å². The molecule has 0 radical (unpaired) electrons. The number of alkyl halides is 1. The Balaban J connectivity index is 2.19. The van der Waals surface area contributed by atoms with E-state index in [1.165, 1.54) is 37.1 Å². The van der Waals surface area contributed by atoms with Gasteiger partial charge in [-0.2, -0.15) is 0 Å². The first-order chi connectivity index (χ1) is 7.12. The molecule has 0 saturated carbocycles. The summed E-state index contributed by atoms with van der Waals surface area (Å²) < 4.78 is 2.36. The average molecular weight is 271 g/mol. The summed E-state index contributed by atoms with van der Waals surface area (Å²) in [5.74, 6) is 0. The van der Waals surface area contributed by atoms with Gasteiger partial charge in [-0.3, -0.25) is 0 Å². The van der Waals surface area contributed by atoms with Crippen LogP contribution in [0.3, 0.4) is 0 Å². The topological polar surface area (TPSA) is 17.8 Å². The lowest BCUT2D eigenvalue weighted by atomic mass is 9.95. The summed E-state index contributed by atoms with van der Waals surface area (Å²) in [6, 6.07) is 0. The fraction of sp³-hybridized carbons (Fsp3) is 0.750. The standard InChI is InChI=1S/C12H19BrN2/c1-12(2,7-13)8-15-9-14-10-5-3-4-6-11(10)15/h9H,3-8H2,1-2H3. The zero-order chi connectivity index (χ0) is 10.9. The number of fused-ring (bicyclic) bond motifs is 1. The van der Waals surface area contributed by atoms with Crippen LogP contribution < -0.4 is 0 Å². The van der Waals surface area contributed by atoms with E-state index >= 15 is 0 Å². The molecule has 1 aromatic heterocycles. The predicted molar refractivity (Wildman–Crippen MR) is 66.4 cm³/mol. The Hall–Kier alpha value is -0.310. The zero-order valence-electron chi connectivity index (χ0n) is 9.59. The minimum Gasteiger partial charge on any atom is -0.334 e. The van der Waals surface area contributed by atoms with Gasteiger partial charge in [-0.15, -0.1) is 0 Å². The van der Waals surface area contributed by atoms with Crippen LogP contribution in [0.1, 0.15) is 38.1 Å². The second-order valence-electron chi connectivity index (χ2n) is 5.27. The van der Waals surface area contributed by atoms with Gasteiger partial charge in [-0.25, -0.2) is 4.98 Å². The number of hydrogen-bond acceptors (Lipinski definition) is 1. The summed E-state index contributed by atoms with van der Waals surface area (Å²) in [5.41, 5.74) is 3.13. The summed E-state index contributed by atoms with van der Waals surface area (Å²) >= 11 is 3.58. The normalized spacial score (nSPS) is 16.5. The van der Waals surface area contributed by atoms with Gasteiger partial charge in [0, 0.05) is 17.6 Å². The molecule has 0 bridgehead atoms. The summed E-state index contributed by atoms with van der Waals surface area (Å²) in [4.78, 5) is 4.52. The molecule has 0 aliphatic heterocycles. The van der Waals surface area contributed by atoms with Gasteiger partial charge in [0.2, 0.25) is 0 Å². The summed E-state index contributed by atoms with van der Waals surface area (Å²) in [6.45, 7) is 5.65. The second kappa shape index (κ2) is 4.28. The minimum atomic E-state index is 0.311. The van der Waals surface area contributed by atoms with Crippen LogP contribution in [0.5, 0.6) is 0 Å². The lowest BCUT2D eigenvalue weighted by Crippen LogP contribution is -2.22. The smallest absolute Gasteiger partial charge is 0.0951 e. The summed E-state index contributed by atoms with van der Waals surface area (Å²) in [7, 11) is 0. The molecule has 0 aromatic carbocycles. The first kappa shape index (κ1) is 11.2. The van der Waals surface area contributed by atoms with E-state index in [4.69, 9.17) is 0 Å². The molecular formula is C12H19BrN2. The Kier molecular flexibility index (Phi) is 3.19. The highest BCUT2D eigenvalue weighted by Gasteiger charge is 2.21. The molecule has 1 aliphatic rings. The SMILES string of the molecule is CC(C)(CBr)Cn1cnc2c1CCCC2.